The summed E-state index contributed by atoms with van der Waals surface area (Å²) in [6.45, 7) is 6.13. The van der Waals surface area contributed by atoms with Crippen LogP contribution in [-0.4, -0.2) is 79.0 Å². The summed E-state index contributed by atoms with van der Waals surface area (Å²) in [5.41, 5.74) is -1.15. The van der Waals surface area contributed by atoms with Gasteiger partial charge in [-0.15, -0.1) is 0 Å². The second-order valence-electron chi connectivity index (χ2n) is 9.79. The highest BCUT2D eigenvalue weighted by molar-refractivity contribution is 6.00. The van der Waals surface area contributed by atoms with Gasteiger partial charge in [-0.25, -0.2) is 0 Å². The van der Waals surface area contributed by atoms with E-state index in [4.69, 9.17) is 4.74 Å². The molecule has 3 rings (SSSR count). The number of aryl methyl sites for hydroxylation is 1. The molecule has 4 nitrogen and oxygen atoms in total. The van der Waals surface area contributed by atoms with E-state index >= 15 is 0 Å². The van der Waals surface area contributed by atoms with Crippen LogP contribution in [0.25, 0.3) is 5.70 Å². The van der Waals surface area contributed by atoms with E-state index in [0.29, 0.717) is 38.3 Å². The lowest BCUT2D eigenvalue weighted by Crippen LogP contribution is -2.62. The van der Waals surface area contributed by atoms with Gasteiger partial charge in [0.2, 0.25) is 5.91 Å². The van der Waals surface area contributed by atoms with E-state index in [-0.39, 0.29) is 24.4 Å². The number of rotatable bonds is 9. The first-order valence-corrected chi connectivity index (χ1v) is 12.0. The number of amides is 1. The Bertz CT molecular complexity index is 1050. The van der Waals surface area contributed by atoms with Crippen molar-refractivity contribution in [1.82, 2.24) is 9.80 Å². The van der Waals surface area contributed by atoms with Crippen molar-refractivity contribution in [1.29, 1.82) is 0 Å². The molecule has 0 saturated carbocycles. The van der Waals surface area contributed by atoms with Crippen LogP contribution < -0.4 is 0 Å². The highest BCUT2D eigenvalue weighted by atomic mass is 19.4. The van der Waals surface area contributed by atoms with E-state index in [1.165, 1.54) is 6.92 Å². The Kier molecular flexibility index (Phi) is 8.25. The Morgan fingerprint density at radius 2 is 1.45 bits per heavy atom. The van der Waals surface area contributed by atoms with Gasteiger partial charge < -0.3 is 9.64 Å². The zero-order valence-corrected chi connectivity index (χ0v) is 21.1. The summed E-state index contributed by atoms with van der Waals surface area (Å²) in [5.74, 6) is -20.8. The van der Waals surface area contributed by atoms with Crippen LogP contribution in [0.2, 0.25) is 0 Å². The topological polar surface area (TPSA) is 32.8 Å². The van der Waals surface area contributed by atoms with E-state index in [1.54, 1.807) is 24.3 Å². The molecule has 0 aromatic heterocycles. The number of carbonyl (C=O) groups is 1. The third kappa shape index (κ3) is 5.15. The minimum atomic E-state index is -7.02. The minimum absolute atomic E-state index is 0.0443. The largest absolute Gasteiger partial charge is 0.460 e. The van der Waals surface area contributed by atoms with E-state index in [9.17, 15) is 44.3 Å². The van der Waals surface area contributed by atoms with Gasteiger partial charge in [-0.05, 0) is 37.0 Å². The molecule has 2 aliphatic rings. The average Bonchev–Trinajstić information content (AvgIpc) is 3.02. The van der Waals surface area contributed by atoms with Crippen LogP contribution in [-0.2, 0) is 16.0 Å². The van der Waals surface area contributed by atoms with E-state index < -0.39 is 41.7 Å². The number of benzene rings is 1. The summed E-state index contributed by atoms with van der Waals surface area (Å²) in [4.78, 5) is 16.6. The molecular formula is C25H29F9N2O2. The number of alkyl halides is 9. The number of carbonyl (C=O) groups excluding carboxylic acids is 1. The van der Waals surface area contributed by atoms with Crippen LogP contribution in [0.4, 0.5) is 39.5 Å². The van der Waals surface area contributed by atoms with Gasteiger partial charge in [-0.1, -0.05) is 31.2 Å². The van der Waals surface area contributed by atoms with Gasteiger partial charge in [-0.2, -0.15) is 39.5 Å². The normalized spacial score (nSPS) is 22.5. The first-order valence-electron chi connectivity index (χ1n) is 12.0. The zero-order valence-electron chi connectivity index (χ0n) is 21.1. The number of nitrogens with zero attached hydrogens (tertiary/aromatic N) is 2. The maximum Gasteiger partial charge on any atom is 0.460 e. The van der Waals surface area contributed by atoms with Gasteiger partial charge in [0, 0.05) is 32.6 Å². The second-order valence-corrected chi connectivity index (χ2v) is 9.79. The number of ether oxygens (including phenoxy) is 1. The van der Waals surface area contributed by atoms with E-state index in [0.717, 1.165) is 17.4 Å². The molecule has 0 bridgehead atoms. The van der Waals surface area contributed by atoms with Gasteiger partial charge in [0.1, 0.15) is 0 Å². The van der Waals surface area contributed by atoms with E-state index in [2.05, 4.69) is 0 Å². The number of hydrogen-bond donors (Lipinski definition) is 0. The molecule has 1 aromatic rings. The molecule has 38 heavy (non-hydrogen) atoms. The van der Waals surface area contributed by atoms with Crippen molar-refractivity contribution in [2.75, 3.05) is 39.4 Å². The fourth-order valence-corrected chi connectivity index (χ4v) is 4.74. The highest BCUT2D eigenvalue weighted by Gasteiger charge is 2.82. The van der Waals surface area contributed by atoms with Crippen LogP contribution in [0, 0.1) is 5.41 Å². The van der Waals surface area contributed by atoms with Crippen molar-refractivity contribution in [3.8, 4) is 0 Å². The van der Waals surface area contributed by atoms with Crippen LogP contribution >= 0.6 is 0 Å². The lowest BCUT2D eigenvalue weighted by molar-refractivity contribution is -0.398. The van der Waals surface area contributed by atoms with Gasteiger partial charge in [0.05, 0.1) is 24.3 Å². The molecule has 2 heterocycles. The predicted octanol–water partition coefficient (Wildman–Crippen LogP) is 6.02. The maximum atomic E-state index is 14.8. The monoisotopic (exact) mass is 560 g/mol. The van der Waals surface area contributed by atoms with Crippen LogP contribution in [0.3, 0.4) is 0 Å². The quantitative estimate of drug-likeness (QED) is 0.347. The molecule has 0 spiro atoms. The number of morpholine rings is 1. The predicted molar refractivity (Wildman–Crippen MR) is 121 cm³/mol. The number of halogens is 9. The van der Waals surface area contributed by atoms with Crippen molar-refractivity contribution in [3.05, 3.63) is 41.0 Å². The zero-order chi connectivity index (χ0) is 28.7. The van der Waals surface area contributed by atoms with Crippen molar-refractivity contribution in [2.24, 2.45) is 5.41 Å². The van der Waals surface area contributed by atoms with Gasteiger partial charge in [-0.3, -0.25) is 9.69 Å². The Morgan fingerprint density at radius 1 is 0.895 bits per heavy atom. The lowest BCUT2D eigenvalue weighted by Gasteiger charge is -2.37. The smallest absolute Gasteiger partial charge is 0.379 e. The SMILES string of the molecule is CCc1ccc(C2=C(C)C(C)(CC(F)(F)C(F)(F)C(F)(F)C(F)(F)F)C(=O)N2CCN2CCOCC2)cc1. The Hall–Kier alpha value is -2.28. The van der Waals surface area contributed by atoms with Crippen molar-refractivity contribution >= 4 is 11.6 Å². The molecule has 13 heteroatoms. The van der Waals surface area contributed by atoms with E-state index in [1.807, 2.05) is 11.8 Å². The standard InChI is InChI=1S/C25H29F9N2O2/c1-4-17-5-7-18(8-6-17)19-16(2)21(3,20(37)36(19)10-9-35-11-13-38-14-12-35)15-22(26,27)23(28,29)24(30,31)25(32,33)34/h5-8H,4,9-15H2,1-3H3. The number of hydrogen-bond acceptors (Lipinski definition) is 3. The molecule has 1 amide bonds. The van der Waals surface area contributed by atoms with Gasteiger partial charge in [0.15, 0.2) is 0 Å². The van der Waals surface area contributed by atoms with Crippen molar-refractivity contribution in [2.45, 2.75) is 57.6 Å². The summed E-state index contributed by atoms with van der Waals surface area (Å²) in [5, 5.41) is 0. The summed E-state index contributed by atoms with van der Waals surface area (Å²) in [6.07, 6.45) is -8.50. The average molecular weight is 561 g/mol. The summed E-state index contributed by atoms with van der Waals surface area (Å²) in [7, 11) is 0. The Balaban J connectivity index is 2.03. The molecule has 0 radical (unpaired) electrons. The van der Waals surface area contributed by atoms with Crippen LogP contribution in [0.5, 0.6) is 0 Å². The highest BCUT2D eigenvalue weighted by Crippen LogP contribution is 2.58. The molecule has 0 N–H and O–H groups in total. The van der Waals surface area contributed by atoms with Crippen LogP contribution in [0.1, 0.15) is 38.3 Å². The molecule has 0 aliphatic carbocycles. The molecule has 1 unspecified atom stereocenters. The molecule has 1 saturated heterocycles. The fraction of sp³-hybridized carbons (Fsp3) is 0.640. The Labute approximate surface area is 214 Å². The molecular weight excluding hydrogens is 531 g/mol. The molecule has 1 fully saturated rings. The Morgan fingerprint density at radius 3 is 1.95 bits per heavy atom. The summed E-state index contributed by atoms with van der Waals surface area (Å²) < 4.78 is 128. The van der Waals surface area contributed by atoms with Gasteiger partial charge in [0.25, 0.3) is 0 Å². The molecule has 1 atom stereocenters. The third-order valence-corrected chi connectivity index (χ3v) is 7.33. The summed E-state index contributed by atoms with van der Waals surface area (Å²) in [6, 6.07) is 6.68. The molecule has 1 aromatic carbocycles. The second kappa shape index (κ2) is 10.4. The van der Waals surface area contributed by atoms with Crippen LogP contribution in [0.15, 0.2) is 29.8 Å². The first kappa shape index (κ1) is 30.3. The third-order valence-electron chi connectivity index (χ3n) is 7.33. The lowest BCUT2D eigenvalue weighted by atomic mass is 9.76. The maximum absolute atomic E-state index is 14.8. The summed E-state index contributed by atoms with van der Waals surface area (Å²) >= 11 is 0. The molecule has 2 aliphatic heterocycles. The molecule has 214 valence electrons. The first-order chi connectivity index (χ1) is 17.4. The van der Waals surface area contributed by atoms with Crippen molar-refractivity contribution in [3.63, 3.8) is 0 Å². The van der Waals surface area contributed by atoms with Crippen molar-refractivity contribution < 1.29 is 49.0 Å². The minimum Gasteiger partial charge on any atom is -0.379 e. The fourth-order valence-electron chi connectivity index (χ4n) is 4.74. The van der Waals surface area contributed by atoms with Gasteiger partial charge >= 0.3 is 23.9 Å².